The van der Waals surface area contributed by atoms with Crippen LogP contribution in [0.4, 0.5) is 0 Å². The SMILES string of the molecule is CCC(C)Nn1c(=O)ccc2cccnc21. The van der Waals surface area contributed by atoms with Gasteiger partial charge in [0.1, 0.15) is 0 Å². The maximum atomic E-state index is 11.7. The molecule has 2 aromatic heterocycles. The highest BCUT2D eigenvalue weighted by molar-refractivity contribution is 5.74. The Balaban J connectivity index is 2.57. The summed E-state index contributed by atoms with van der Waals surface area (Å²) >= 11 is 0. The molecule has 1 atom stereocenters. The van der Waals surface area contributed by atoms with Crippen LogP contribution in [-0.2, 0) is 0 Å². The Morgan fingerprint density at radius 1 is 1.44 bits per heavy atom. The van der Waals surface area contributed by atoms with Gasteiger partial charge >= 0.3 is 0 Å². The van der Waals surface area contributed by atoms with Gasteiger partial charge in [0.15, 0.2) is 5.65 Å². The minimum atomic E-state index is -0.0773. The smallest absolute Gasteiger partial charge is 0.270 e. The highest BCUT2D eigenvalue weighted by Crippen LogP contribution is 2.06. The van der Waals surface area contributed by atoms with Crippen molar-refractivity contribution in [1.82, 2.24) is 9.66 Å². The summed E-state index contributed by atoms with van der Waals surface area (Å²) in [4.78, 5) is 16.0. The van der Waals surface area contributed by atoms with Crippen molar-refractivity contribution in [2.24, 2.45) is 0 Å². The van der Waals surface area contributed by atoms with Gasteiger partial charge in [0, 0.05) is 23.7 Å². The number of aromatic nitrogens is 2. The fraction of sp³-hybridized carbons (Fsp3) is 0.333. The van der Waals surface area contributed by atoms with Crippen LogP contribution < -0.4 is 11.0 Å². The maximum Gasteiger partial charge on any atom is 0.270 e. The van der Waals surface area contributed by atoms with Gasteiger partial charge in [-0.2, -0.15) is 0 Å². The van der Waals surface area contributed by atoms with Crippen molar-refractivity contribution in [2.75, 3.05) is 5.43 Å². The van der Waals surface area contributed by atoms with Crippen LogP contribution in [0.2, 0.25) is 0 Å². The molecule has 1 unspecified atom stereocenters. The average molecular weight is 217 g/mol. The summed E-state index contributed by atoms with van der Waals surface area (Å²) in [6.07, 6.45) is 2.65. The lowest BCUT2D eigenvalue weighted by Crippen LogP contribution is -2.34. The second-order valence-corrected chi connectivity index (χ2v) is 3.86. The van der Waals surface area contributed by atoms with E-state index in [2.05, 4.69) is 17.3 Å². The van der Waals surface area contributed by atoms with E-state index in [1.165, 1.54) is 4.68 Å². The number of nitrogens with one attached hydrogen (secondary N) is 1. The van der Waals surface area contributed by atoms with Gasteiger partial charge in [-0.1, -0.05) is 6.92 Å². The molecule has 16 heavy (non-hydrogen) atoms. The summed E-state index contributed by atoms with van der Waals surface area (Å²) in [6, 6.07) is 7.39. The zero-order chi connectivity index (χ0) is 11.5. The first-order chi connectivity index (χ1) is 7.72. The van der Waals surface area contributed by atoms with Crippen molar-refractivity contribution in [3.8, 4) is 0 Å². The number of fused-ring (bicyclic) bond motifs is 1. The first-order valence-corrected chi connectivity index (χ1v) is 5.45. The van der Waals surface area contributed by atoms with Gasteiger partial charge < -0.3 is 5.43 Å². The van der Waals surface area contributed by atoms with E-state index < -0.39 is 0 Å². The molecule has 0 saturated carbocycles. The van der Waals surface area contributed by atoms with Crippen LogP contribution in [0.5, 0.6) is 0 Å². The van der Waals surface area contributed by atoms with E-state index in [1.54, 1.807) is 18.3 Å². The first-order valence-electron chi connectivity index (χ1n) is 5.45. The van der Waals surface area contributed by atoms with E-state index in [9.17, 15) is 4.79 Å². The van der Waals surface area contributed by atoms with E-state index in [4.69, 9.17) is 0 Å². The highest BCUT2D eigenvalue weighted by atomic mass is 16.1. The number of hydrogen-bond acceptors (Lipinski definition) is 3. The summed E-state index contributed by atoms with van der Waals surface area (Å²) in [6.45, 7) is 4.11. The monoisotopic (exact) mass is 217 g/mol. The van der Waals surface area contributed by atoms with Gasteiger partial charge in [0.25, 0.3) is 5.56 Å². The molecule has 0 aliphatic heterocycles. The molecule has 4 heteroatoms. The summed E-state index contributed by atoms with van der Waals surface area (Å²) < 4.78 is 1.52. The van der Waals surface area contributed by atoms with Crippen molar-refractivity contribution in [2.45, 2.75) is 26.3 Å². The lowest BCUT2D eigenvalue weighted by Gasteiger charge is -2.16. The number of nitrogens with zero attached hydrogens (tertiary/aromatic N) is 2. The molecule has 0 aliphatic rings. The van der Waals surface area contributed by atoms with Gasteiger partial charge in [-0.3, -0.25) is 4.79 Å². The number of hydrogen-bond donors (Lipinski definition) is 1. The standard InChI is InChI=1S/C12H15N3O/c1-3-9(2)14-15-11(16)7-6-10-5-4-8-13-12(10)15/h4-9,14H,3H2,1-2H3. The third-order valence-electron chi connectivity index (χ3n) is 2.62. The summed E-state index contributed by atoms with van der Waals surface area (Å²) in [5.74, 6) is 0. The number of pyridine rings is 2. The van der Waals surface area contributed by atoms with Crippen molar-refractivity contribution in [1.29, 1.82) is 0 Å². The van der Waals surface area contributed by atoms with Crippen LogP contribution in [-0.4, -0.2) is 15.7 Å². The molecule has 0 fully saturated rings. The predicted octanol–water partition coefficient (Wildman–Crippen LogP) is 1.74. The zero-order valence-electron chi connectivity index (χ0n) is 9.47. The molecular weight excluding hydrogens is 202 g/mol. The zero-order valence-corrected chi connectivity index (χ0v) is 9.47. The summed E-state index contributed by atoms with van der Waals surface area (Å²) in [5, 5.41) is 0.956. The van der Waals surface area contributed by atoms with Crippen LogP contribution >= 0.6 is 0 Å². The van der Waals surface area contributed by atoms with E-state index in [1.807, 2.05) is 19.1 Å². The molecule has 2 rings (SSSR count). The van der Waals surface area contributed by atoms with Crippen LogP contribution in [0.15, 0.2) is 35.3 Å². The minimum Gasteiger partial charge on any atom is -0.318 e. The topological polar surface area (TPSA) is 46.9 Å². The molecule has 2 aromatic rings. The molecule has 4 nitrogen and oxygen atoms in total. The quantitative estimate of drug-likeness (QED) is 0.851. The fourth-order valence-electron chi connectivity index (χ4n) is 1.50. The van der Waals surface area contributed by atoms with E-state index >= 15 is 0 Å². The Morgan fingerprint density at radius 2 is 2.25 bits per heavy atom. The van der Waals surface area contributed by atoms with Gasteiger partial charge in [-0.05, 0) is 31.5 Å². The first kappa shape index (κ1) is 10.7. The molecule has 1 N–H and O–H groups in total. The lowest BCUT2D eigenvalue weighted by atomic mass is 10.3. The molecule has 0 aliphatic carbocycles. The van der Waals surface area contributed by atoms with Gasteiger partial charge in [0.2, 0.25) is 0 Å². The molecule has 0 radical (unpaired) electrons. The van der Waals surface area contributed by atoms with Crippen LogP contribution in [0.25, 0.3) is 11.0 Å². The molecule has 0 saturated heterocycles. The van der Waals surface area contributed by atoms with Crippen LogP contribution in [0.1, 0.15) is 20.3 Å². The summed E-state index contributed by atoms with van der Waals surface area (Å²) in [5.41, 5.74) is 3.74. The van der Waals surface area contributed by atoms with E-state index in [0.29, 0.717) is 5.65 Å². The van der Waals surface area contributed by atoms with Gasteiger partial charge in [-0.25, -0.2) is 9.66 Å². The van der Waals surface area contributed by atoms with Crippen LogP contribution in [0, 0.1) is 0 Å². The molecule has 0 amide bonds. The number of rotatable bonds is 3. The predicted molar refractivity (Wildman–Crippen MR) is 65.1 cm³/mol. The molecular formula is C12H15N3O. The maximum absolute atomic E-state index is 11.7. The summed E-state index contributed by atoms with van der Waals surface area (Å²) in [7, 11) is 0. The Morgan fingerprint density at radius 3 is 3.00 bits per heavy atom. The van der Waals surface area contributed by atoms with Gasteiger partial charge in [-0.15, -0.1) is 0 Å². The van der Waals surface area contributed by atoms with Crippen molar-refractivity contribution in [3.05, 3.63) is 40.8 Å². The Labute approximate surface area is 93.9 Å². The Bertz CT molecular complexity index is 547. The molecule has 84 valence electrons. The average Bonchev–Trinajstić information content (AvgIpc) is 2.32. The third kappa shape index (κ3) is 1.91. The van der Waals surface area contributed by atoms with E-state index in [-0.39, 0.29) is 11.6 Å². The minimum absolute atomic E-state index is 0.0773. The van der Waals surface area contributed by atoms with Crippen molar-refractivity contribution in [3.63, 3.8) is 0 Å². The fourth-order valence-corrected chi connectivity index (χ4v) is 1.50. The normalized spacial score (nSPS) is 12.6. The highest BCUT2D eigenvalue weighted by Gasteiger charge is 2.05. The second-order valence-electron chi connectivity index (χ2n) is 3.86. The van der Waals surface area contributed by atoms with Gasteiger partial charge in [0.05, 0.1) is 0 Å². The lowest BCUT2D eigenvalue weighted by molar-refractivity contribution is 0.661. The third-order valence-corrected chi connectivity index (χ3v) is 2.62. The molecule has 0 spiro atoms. The Hall–Kier alpha value is -1.84. The van der Waals surface area contributed by atoms with Crippen molar-refractivity contribution >= 4 is 11.0 Å². The van der Waals surface area contributed by atoms with E-state index in [0.717, 1.165) is 11.8 Å². The molecule has 0 aromatic carbocycles. The molecule has 2 heterocycles. The molecule has 0 bridgehead atoms. The van der Waals surface area contributed by atoms with Crippen LogP contribution in [0.3, 0.4) is 0 Å². The Kier molecular flexibility index (Phi) is 2.90. The second kappa shape index (κ2) is 4.35. The van der Waals surface area contributed by atoms with Crippen molar-refractivity contribution < 1.29 is 0 Å². The largest absolute Gasteiger partial charge is 0.318 e.